The number of rotatable bonds is 34. The number of allylic oxidation sites excluding steroid dienone is 2. The summed E-state index contributed by atoms with van der Waals surface area (Å²) < 4.78 is 22.1. The second-order valence-corrected chi connectivity index (χ2v) is 14.4. The van der Waals surface area contributed by atoms with Crippen LogP contribution >= 0.6 is 0 Å². The van der Waals surface area contributed by atoms with Crippen molar-refractivity contribution in [3.8, 4) is 0 Å². The highest BCUT2D eigenvalue weighted by molar-refractivity contribution is 5.70. The SMILES string of the molecule is CCCCCC/C=C\CCCCCCCC(=O)O[C@H](COC(=O)CCCCCCCCCCCCCCC)CO[C@@H]1O[C@H](CO)[C@H](O)[C@H](O)[C@H]1O. The van der Waals surface area contributed by atoms with E-state index >= 15 is 0 Å². The third kappa shape index (κ3) is 25.2. The molecule has 6 atom stereocenters. The number of carbonyl (C=O) groups excluding carboxylic acids is 2. The second kappa shape index (κ2) is 33.0. The molecular formula is C41H76O10. The minimum Gasteiger partial charge on any atom is -0.462 e. The van der Waals surface area contributed by atoms with E-state index in [-0.39, 0.29) is 32.0 Å². The Morgan fingerprint density at radius 1 is 0.588 bits per heavy atom. The van der Waals surface area contributed by atoms with Crippen LogP contribution < -0.4 is 0 Å². The van der Waals surface area contributed by atoms with Gasteiger partial charge in [0.05, 0.1) is 13.2 Å². The Bertz CT molecular complexity index is 850. The van der Waals surface area contributed by atoms with Crippen molar-refractivity contribution in [1.29, 1.82) is 0 Å². The van der Waals surface area contributed by atoms with Gasteiger partial charge in [-0.1, -0.05) is 142 Å². The Kier molecular flexibility index (Phi) is 30.7. The van der Waals surface area contributed by atoms with Gasteiger partial charge in [0.15, 0.2) is 12.4 Å². The largest absolute Gasteiger partial charge is 0.462 e. The van der Waals surface area contributed by atoms with Crippen molar-refractivity contribution in [2.45, 2.75) is 218 Å². The molecule has 1 aliphatic heterocycles. The van der Waals surface area contributed by atoms with Crippen molar-refractivity contribution in [3.63, 3.8) is 0 Å². The number of esters is 2. The molecule has 4 N–H and O–H groups in total. The van der Waals surface area contributed by atoms with Crippen LogP contribution in [0.4, 0.5) is 0 Å². The summed E-state index contributed by atoms with van der Waals surface area (Å²) >= 11 is 0. The van der Waals surface area contributed by atoms with Crippen LogP contribution in [-0.2, 0) is 28.5 Å². The van der Waals surface area contributed by atoms with Gasteiger partial charge in [0.25, 0.3) is 0 Å². The number of carbonyl (C=O) groups is 2. The van der Waals surface area contributed by atoms with Crippen molar-refractivity contribution in [2.24, 2.45) is 0 Å². The van der Waals surface area contributed by atoms with Gasteiger partial charge >= 0.3 is 11.9 Å². The Morgan fingerprint density at radius 3 is 1.55 bits per heavy atom. The summed E-state index contributed by atoms with van der Waals surface area (Å²) in [4.78, 5) is 25.2. The summed E-state index contributed by atoms with van der Waals surface area (Å²) in [6.07, 6.45) is 25.0. The second-order valence-electron chi connectivity index (χ2n) is 14.4. The molecule has 10 nitrogen and oxygen atoms in total. The molecule has 0 radical (unpaired) electrons. The molecule has 1 aliphatic rings. The number of hydrogen-bond donors (Lipinski definition) is 4. The first-order valence-electron chi connectivity index (χ1n) is 20.8. The van der Waals surface area contributed by atoms with E-state index in [2.05, 4.69) is 26.0 Å². The molecule has 0 aromatic carbocycles. The van der Waals surface area contributed by atoms with Gasteiger partial charge in [-0.3, -0.25) is 9.59 Å². The Balaban J connectivity index is 2.37. The average molecular weight is 729 g/mol. The van der Waals surface area contributed by atoms with Crippen molar-refractivity contribution in [3.05, 3.63) is 12.2 Å². The van der Waals surface area contributed by atoms with E-state index in [1.54, 1.807) is 0 Å². The predicted octanol–water partition coefficient (Wildman–Crippen LogP) is 8.00. The van der Waals surface area contributed by atoms with Gasteiger partial charge in [-0.15, -0.1) is 0 Å². The third-order valence-corrected chi connectivity index (χ3v) is 9.65. The Hall–Kier alpha value is -1.56. The predicted molar refractivity (Wildman–Crippen MR) is 201 cm³/mol. The Morgan fingerprint density at radius 2 is 1.04 bits per heavy atom. The zero-order chi connectivity index (χ0) is 37.4. The summed E-state index contributed by atoms with van der Waals surface area (Å²) in [5.74, 6) is -0.811. The van der Waals surface area contributed by atoms with E-state index in [1.807, 2.05) is 0 Å². The third-order valence-electron chi connectivity index (χ3n) is 9.65. The number of aliphatic hydroxyl groups excluding tert-OH is 4. The Labute approximate surface area is 310 Å². The van der Waals surface area contributed by atoms with Crippen molar-refractivity contribution < 1.29 is 49.0 Å². The fourth-order valence-electron chi connectivity index (χ4n) is 6.30. The van der Waals surface area contributed by atoms with Crippen LogP contribution in [-0.4, -0.2) is 89.0 Å². The number of aliphatic hydroxyl groups is 4. The summed E-state index contributed by atoms with van der Waals surface area (Å²) in [5.41, 5.74) is 0. The molecule has 0 aliphatic carbocycles. The molecule has 51 heavy (non-hydrogen) atoms. The molecule has 0 saturated carbocycles. The molecule has 0 amide bonds. The molecule has 0 aromatic rings. The van der Waals surface area contributed by atoms with Gasteiger partial charge in [-0.2, -0.15) is 0 Å². The lowest BCUT2D eigenvalue weighted by Crippen LogP contribution is -2.59. The highest BCUT2D eigenvalue weighted by atomic mass is 16.7. The highest BCUT2D eigenvalue weighted by Gasteiger charge is 2.44. The molecule has 10 heteroatoms. The highest BCUT2D eigenvalue weighted by Crippen LogP contribution is 2.22. The van der Waals surface area contributed by atoms with E-state index in [1.165, 1.54) is 89.9 Å². The average Bonchev–Trinajstić information content (AvgIpc) is 3.13. The number of hydrogen-bond acceptors (Lipinski definition) is 10. The van der Waals surface area contributed by atoms with Gasteiger partial charge in [-0.25, -0.2) is 0 Å². The molecule has 1 heterocycles. The fraction of sp³-hybridized carbons (Fsp3) is 0.902. The molecule has 1 rings (SSSR count). The van der Waals surface area contributed by atoms with Gasteiger partial charge < -0.3 is 39.4 Å². The smallest absolute Gasteiger partial charge is 0.306 e. The van der Waals surface area contributed by atoms with Crippen LogP contribution in [0.3, 0.4) is 0 Å². The van der Waals surface area contributed by atoms with E-state index in [0.29, 0.717) is 6.42 Å². The van der Waals surface area contributed by atoms with Crippen LogP contribution in [0, 0.1) is 0 Å². The normalized spacial score (nSPS) is 21.3. The summed E-state index contributed by atoms with van der Waals surface area (Å²) in [7, 11) is 0. The lowest BCUT2D eigenvalue weighted by atomic mass is 9.99. The maximum Gasteiger partial charge on any atom is 0.306 e. The maximum atomic E-state index is 12.7. The number of ether oxygens (including phenoxy) is 4. The van der Waals surface area contributed by atoms with Crippen molar-refractivity contribution >= 4 is 11.9 Å². The molecule has 1 saturated heterocycles. The molecule has 0 aromatic heterocycles. The first kappa shape index (κ1) is 47.5. The van der Waals surface area contributed by atoms with Crippen LogP contribution in [0.15, 0.2) is 12.2 Å². The molecule has 300 valence electrons. The maximum absolute atomic E-state index is 12.7. The first-order chi connectivity index (χ1) is 24.8. The molecule has 0 bridgehead atoms. The van der Waals surface area contributed by atoms with Gasteiger partial charge in [0, 0.05) is 12.8 Å². The van der Waals surface area contributed by atoms with Crippen LogP contribution in [0.5, 0.6) is 0 Å². The lowest BCUT2D eigenvalue weighted by Gasteiger charge is -2.39. The van der Waals surface area contributed by atoms with E-state index in [4.69, 9.17) is 18.9 Å². The minimum absolute atomic E-state index is 0.216. The van der Waals surface area contributed by atoms with E-state index in [9.17, 15) is 30.0 Å². The van der Waals surface area contributed by atoms with Crippen molar-refractivity contribution in [1.82, 2.24) is 0 Å². The summed E-state index contributed by atoms with van der Waals surface area (Å²) in [5, 5.41) is 39.9. The van der Waals surface area contributed by atoms with Crippen molar-refractivity contribution in [2.75, 3.05) is 19.8 Å². The first-order valence-corrected chi connectivity index (χ1v) is 20.8. The number of unbranched alkanes of at least 4 members (excludes halogenated alkanes) is 21. The molecule has 0 unspecified atom stereocenters. The van der Waals surface area contributed by atoms with Crippen LogP contribution in [0.1, 0.15) is 181 Å². The van der Waals surface area contributed by atoms with E-state index in [0.717, 1.165) is 57.8 Å². The van der Waals surface area contributed by atoms with Gasteiger partial charge in [-0.05, 0) is 38.5 Å². The molecule has 1 fully saturated rings. The van der Waals surface area contributed by atoms with E-state index < -0.39 is 49.4 Å². The molecular weight excluding hydrogens is 652 g/mol. The summed E-state index contributed by atoms with van der Waals surface area (Å²) in [6, 6.07) is 0. The van der Waals surface area contributed by atoms with Gasteiger partial charge in [0.1, 0.15) is 31.0 Å². The van der Waals surface area contributed by atoms with Crippen LogP contribution in [0.2, 0.25) is 0 Å². The monoisotopic (exact) mass is 729 g/mol. The quantitative estimate of drug-likeness (QED) is 0.0291. The fourth-order valence-corrected chi connectivity index (χ4v) is 6.30. The zero-order valence-corrected chi connectivity index (χ0v) is 32.4. The standard InChI is InChI=1S/C41H76O10/c1-3-5-7-9-11-13-15-17-19-21-23-25-27-29-36(43)48-32-34(33-49-41-40(47)39(46)38(45)35(31-42)51-41)50-37(44)30-28-26-24-22-20-18-16-14-12-10-8-6-4-2/h14,16,34-35,38-42,45-47H,3-13,15,17-33H2,1-2H3/b16-14-/t34-,35-,38+,39+,40-,41-/m1/s1. The lowest BCUT2D eigenvalue weighted by molar-refractivity contribution is -0.305. The van der Waals surface area contributed by atoms with Crippen LogP contribution in [0.25, 0.3) is 0 Å². The topological polar surface area (TPSA) is 152 Å². The minimum atomic E-state index is -1.59. The molecule has 0 spiro atoms. The summed E-state index contributed by atoms with van der Waals surface area (Å²) in [6.45, 7) is 3.39. The van der Waals surface area contributed by atoms with Gasteiger partial charge in [0.2, 0.25) is 0 Å². The zero-order valence-electron chi connectivity index (χ0n) is 32.4.